The molecular weight excluding hydrogens is 320 g/mol. The molecule has 0 spiro atoms. The van der Waals surface area contributed by atoms with Crippen LogP contribution in [-0.2, 0) is 11.3 Å². The van der Waals surface area contributed by atoms with Crippen LogP contribution in [0.15, 0.2) is 21.8 Å². The van der Waals surface area contributed by atoms with Gasteiger partial charge in [-0.05, 0) is 19.8 Å². The molecule has 1 aromatic heterocycles. The van der Waals surface area contributed by atoms with E-state index in [4.69, 9.17) is 4.52 Å². The van der Waals surface area contributed by atoms with Gasteiger partial charge in [-0.3, -0.25) is 14.7 Å². The number of rotatable bonds is 7. The molecule has 138 valence electrons. The average molecular weight is 348 g/mol. The molecule has 8 heteroatoms. The highest BCUT2D eigenvalue weighted by molar-refractivity contribution is 5.81. The standard InChI is InChI=1S/C17H28N6O2/c1-2-18-17(20-7-6-19-16(24)14-3-4-14)23-10-8-22(9-11-23)13-15-5-12-25-21-15/h5,12,14H,2-4,6-11,13H2,1H3,(H,18,20)(H,19,24). The predicted molar refractivity (Wildman–Crippen MR) is 95.1 cm³/mol. The Labute approximate surface area is 148 Å². The molecule has 0 radical (unpaired) electrons. The highest BCUT2D eigenvalue weighted by Crippen LogP contribution is 2.28. The molecule has 1 aromatic rings. The van der Waals surface area contributed by atoms with Crippen LogP contribution in [0.5, 0.6) is 0 Å². The van der Waals surface area contributed by atoms with E-state index in [0.717, 1.165) is 63.8 Å². The first-order chi connectivity index (χ1) is 12.3. The van der Waals surface area contributed by atoms with E-state index in [-0.39, 0.29) is 11.8 Å². The zero-order chi connectivity index (χ0) is 17.5. The van der Waals surface area contributed by atoms with Gasteiger partial charge in [0, 0.05) is 57.8 Å². The van der Waals surface area contributed by atoms with Crippen LogP contribution in [0.2, 0.25) is 0 Å². The Morgan fingerprint density at radius 2 is 2.12 bits per heavy atom. The highest BCUT2D eigenvalue weighted by atomic mass is 16.5. The Morgan fingerprint density at radius 3 is 2.76 bits per heavy atom. The zero-order valence-electron chi connectivity index (χ0n) is 14.9. The van der Waals surface area contributed by atoms with E-state index >= 15 is 0 Å². The van der Waals surface area contributed by atoms with Gasteiger partial charge in [0.05, 0.1) is 12.2 Å². The lowest BCUT2D eigenvalue weighted by Gasteiger charge is -2.36. The van der Waals surface area contributed by atoms with E-state index in [1.807, 2.05) is 6.07 Å². The number of hydrogen-bond donors (Lipinski definition) is 2. The molecule has 0 aromatic carbocycles. The minimum atomic E-state index is 0.182. The maximum atomic E-state index is 11.6. The highest BCUT2D eigenvalue weighted by Gasteiger charge is 2.29. The second kappa shape index (κ2) is 8.84. The van der Waals surface area contributed by atoms with Gasteiger partial charge in [0.15, 0.2) is 5.96 Å². The molecule has 1 aliphatic heterocycles. The normalized spacial score (nSPS) is 19.1. The average Bonchev–Trinajstić information content (AvgIpc) is 3.36. The molecule has 1 saturated heterocycles. The maximum Gasteiger partial charge on any atom is 0.223 e. The van der Waals surface area contributed by atoms with Crippen LogP contribution in [0.4, 0.5) is 0 Å². The topological polar surface area (TPSA) is 86.0 Å². The summed E-state index contributed by atoms with van der Waals surface area (Å²) in [5.41, 5.74) is 0.973. The van der Waals surface area contributed by atoms with Gasteiger partial charge < -0.3 is 20.1 Å². The number of piperazine rings is 1. The minimum absolute atomic E-state index is 0.182. The number of hydrogen-bond acceptors (Lipinski definition) is 5. The summed E-state index contributed by atoms with van der Waals surface area (Å²) < 4.78 is 4.89. The summed E-state index contributed by atoms with van der Waals surface area (Å²) in [6, 6.07) is 1.91. The summed E-state index contributed by atoms with van der Waals surface area (Å²) >= 11 is 0. The summed E-state index contributed by atoms with van der Waals surface area (Å²) in [6.07, 6.45) is 3.69. The number of amides is 1. The molecule has 1 saturated carbocycles. The SMILES string of the molecule is CCNC(=NCCNC(=O)C1CC1)N1CCN(Cc2ccon2)CC1. The lowest BCUT2D eigenvalue weighted by atomic mass is 10.3. The molecule has 1 amide bonds. The number of nitrogens with zero attached hydrogens (tertiary/aromatic N) is 4. The third-order valence-corrected chi connectivity index (χ3v) is 4.50. The fourth-order valence-electron chi connectivity index (χ4n) is 2.92. The Bertz CT molecular complexity index is 562. The third-order valence-electron chi connectivity index (χ3n) is 4.50. The van der Waals surface area contributed by atoms with Gasteiger partial charge in [-0.1, -0.05) is 5.16 Å². The first-order valence-electron chi connectivity index (χ1n) is 9.19. The molecule has 2 fully saturated rings. The van der Waals surface area contributed by atoms with Crippen molar-refractivity contribution in [3.8, 4) is 0 Å². The first-order valence-corrected chi connectivity index (χ1v) is 9.19. The molecule has 0 atom stereocenters. The summed E-state index contributed by atoms with van der Waals surface area (Å²) in [4.78, 5) is 21.0. The predicted octanol–water partition coefficient (Wildman–Crippen LogP) is 0.284. The van der Waals surface area contributed by atoms with Gasteiger partial charge in [0.25, 0.3) is 0 Å². The van der Waals surface area contributed by atoms with Crippen LogP contribution < -0.4 is 10.6 Å². The van der Waals surface area contributed by atoms with E-state index in [9.17, 15) is 4.79 Å². The molecular formula is C17H28N6O2. The Balaban J connectivity index is 1.42. The molecule has 25 heavy (non-hydrogen) atoms. The zero-order valence-corrected chi connectivity index (χ0v) is 14.9. The second-order valence-corrected chi connectivity index (χ2v) is 6.55. The smallest absolute Gasteiger partial charge is 0.223 e. The molecule has 2 N–H and O–H groups in total. The summed E-state index contributed by atoms with van der Waals surface area (Å²) in [5, 5.41) is 10.3. The number of carbonyl (C=O) groups excluding carboxylic acids is 1. The summed E-state index contributed by atoms with van der Waals surface area (Å²) in [7, 11) is 0. The first kappa shape index (κ1) is 17.7. The molecule has 0 unspecified atom stereocenters. The third kappa shape index (κ3) is 5.45. The Morgan fingerprint density at radius 1 is 1.32 bits per heavy atom. The molecule has 2 aliphatic rings. The van der Waals surface area contributed by atoms with Crippen LogP contribution in [0.1, 0.15) is 25.5 Å². The van der Waals surface area contributed by atoms with E-state index in [1.165, 1.54) is 0 Å². The minimum Gasteiger partial charge on any atom is -0.364 e. The number of carbonyl (C=O) groups is 1. The number of aliphatic imine (C=N–C) groups is 1. The van der Waals surface area contributed by atoms with Crippen molar-refractivity contribution >= 4 is 11.9 Å². The van der Waals surface area contributed by atoms with Crippen molar-refractivity contribution in [1.82, 2.24) is 25.6 Å². The lowest BCUT2D eigenvalue weighted by molar-refractivity contribution is -0.122. The van der Waals surface area contributed by atoms with Crippen LogP contribution >= 0.6 is 0 Å². The fraction of sp³-hybridized carbons (Fsp3) is 0.706. The Kier molecular flexibility index (Phi) is 6.27. The number of guanidine groups is 1. The molecule has 0 bridgehead atoms. The van der Waals surface area contributed by atoms with Crippen LogP contribution in [0, 0.1) is 5.92 Å². The maximum absolute atomic E-state index is 11.6. The van der Waals surface area contributed by atoms with Crippen LogP contribution in [0.25, 0.3) is 0 Å². The Hall–Kier alpha value is -2.09. The van der Waals surface area contributed by atoms with Crippen molar-refractivity contribution in [3.05, 3.63) is 18.0 Å². The molecule has 1 aliphatic carbocycles. The van der Waals surface area contributed by atoms with Gasteiger partial charge in [-0.15, -0.1) is 0 Å². The quantitative estimate of drug-likeness (QED) is 0.418. The van der Waals surface area contributed by atoms with Crippen molar-refractivity contribution < 1.29 is 9.32 Å². The number of nitrogens with one attached hydrogen (secondary N) is 2. The van der Waals surface area contributed by atoms with Crippen LogP contribution in [0.3, 0.4) is 0 Å². The van der Waals surface area contributed by atoms with E-state index in [0.29, 0.717) is 13.1 Å². The monoisotopic (exact) mass is 348 g/mol. The van der Waals surface area contributed by atoms with Gasteiger partial charge in [-0.25, -0.2) is 0 Å². The van der Waals surface area contributed by atoms with E-state index in [2.05, 4.69) is 37.5 Å². The largest absolute Gasteiger partial charge is 0.364 e. The summed E-state index contributed by atoms with van der Waals surface area (Å²) in [6.45, 7) is 8.75. The number of aromatic nitrogens is 1. The van der Waals surface area contributed by atoms with E-state index in [1.54, 1.807) is 6.26 Å². The van der Waals surface area contributed by atoms with E-state index < -0.39 is 0 Å². The van der Waals surface area contributed by atoms with Crippen molar-refractivity contribution in [2.75, 3.05) is 45.8 Å². The summed E-state index contributed by atoms with van der Waals surface area (Å²) in [5.74, 6) is 1.38. The fourth-order valence-corrected chi connectivity index (χ4v) is 2.92. The van der Waals surface area contributed by atoms with Gasteiger partial charge in [0.1, 0.15) is 6.26 Å². The molecule has 8 nitrogen and oxygen atoms in total. The van der Waals surface area contributed by atoms with Crippen molar-refractivity contribution in [3.63, 3.8) is 0 Å². The van der Waals surface area contributed by atoms with Crippen molar-refractivity contribution in [2.24, 2.45) is 10.9 Å². The van der Waals surface area contributed by atoms with Gasteiger partial charge in [-0.2, -0.15) is 0 Å². The second-order valence-electron chi connectivity index (χ2n) is 6.55. The molecule has 2 heterocycles. The van der Waals surface area contributed by atoms with Crippen LogP contribution in [-0.4, -0.2) is 72.6 Å². The van der Waals surface area contributed by atoms with Gasteiger partial charge >= 0.3 is 0 Å². The molecule has 3 rings (SSSR count). The van der Waals surface area contributed by atoms with Crippen molar-refractivity contribution in [2.45, 2.75) is 26.3 Å². The van der Waals surface area contributed by atoms with Gasteiger partial charge in [0.2, 0.25) is 5.91 Å². The van der Waals surface area contributed by atoms with Crippen molar-refractivity contribution in [1.29, 1.82) is 0 Å². The lowest BCUT2D eigenvalue weighted by Crippen LogP contribution is -2.52.